The molecule has 0 saturated carbocycles. The van der Waals surface area contributed by atoms with Gasteiger partial charge in [-0.3, -0.25) is 19.3 Å². The summed E-state index contributed by atoms with van der Waals surface area (Å²) in [5, 5.41) is 12.4. The number of nitrogens with zero attached hydrogens (tertiary/aromatic N) is 3. The number of carboxylic acids is 1. The molecule has 1 aromatic heterocycles. The number of nitrogens with one attached hydrogen (secondary N) is 1. The van der Waals surface area contributed by atoms with Crippen molar-refractivity contribution in [2.75, 3.05) is 18.0 Å². The average Bonchev–Trinajstić information content (AvgIpc) is 3.19. The number of benzene rings is 2. The van der Waals surface area contributed by atoms with Gasteiger partial charge in [0.05, 0.1) is 6.42 Å². The minimum absolute atomic E-state index is 0.144. The molecule has 1 atom stereocenters. The van der Waals surface area contributed by atoms with Gasteiger partial charge in [-0.25, -0.2) is 4.98 Å². The zero-order valence-electron chi connectivity index (χ0n) is 18.4. The lowest BCUT2D eigenvalue weighted by Gasteiger charge is -2.23. The van der Waals surface area contributed by atoms with Gasteiger partial charge in [-0.15, -0.1) is 0 Å². The topological polar surface area (TPSA) is 105 Å². The predicted octanol–water partition coefficient (Wildman–Crippen LogP) is 2.96. The maximum absolute atomic E-state index is 13.5. The zero-order valence-corrected chi connectivity index (χ0v) is 18.4. The van der Waals surface area contributed by atoms with Gasteiger partial charge in [0.15, 0.2) is 0 Å². The average molecular weight is 447 g/mol. The van der Waals surface area contributed by atoms with E-state index in [0.717, 1.165) is 24.4 Å². The number of aryl methyl sites for hydroxylation is 2. The standard InChI is InChI=1S/C25H26N4O4/c1-17-26-12-14-28(17)13-6-11-27-23(30)16-29-22-10-5-4-8-19(22)21(15-24(31)32)18-7-2-3-9-20(18)25(29)33/h2-5,7-10,12,14,21H,6,11,13,15-16H2,1H3,(H,27,30)(H,31,32). The molecule has 2 aromatic carbocycles. The highest BCUT2D eigenvalue weighted by Crippen LogP contribution is 2.40. The molecule has 3 aromatic rings. The van der Waals surface area contributed by atoms with Crippen LogP contribution in [0.1, 0.15) is 46.1 Å². The molecule has 8 nitrogen and oxygen atoms in total. The third kappa shape index (κ3) is 4.79. The van der Waals surface area contributed by atoms with Gasteiger partial charge in [0.25, 0.3) is 5.91 Å². The van der Waals surface area contributed by atoms with Crippen molar-refractivity contribution in [3.05, 3.63) is 83.4 Å². The summed E-state index contributed by atoms with van der Waals surface area (Å²) in [5.41, 5.74) is 2.37. The number of fused-ring (bicyclic) bond motifs is 2. The second kappa shape index (κ2) is 9.68. The van der Waals surface area contributed by atoms with Crippen molar-refractivity contribution in [2.45, 2.75) is 32.2 Å². The summed E-state index contributed by atoms with van der Waals surface area (Å²) in [6.07, 6.45) is 4.23. The smallest absolute Gasteiger partial charge is 0.304 e. The largest absolute Gasteiger partial charge is 0.481 e. The Balaban J connectivity index is 1.54. The Hall–Kier alpha value is -3.94. The quantitative estimate of drug-likeness (QED) is 0.518. The van der Waals surface area contributed by atoms with Crippen LogP contribution in [0, 0.1) is 6.92 Å². The number of amides is 2. The molecule has 0 radical (unpaired) electrons. The van der Waals surface area contributed by atoms with Crippen molar-refractivity contribution in [1.29, 1.82) is 0 Å². The van der Waals surface area contributed by atoms with Crippen LogP contribution in [-0.4, -0.2) is 45.5 Å². The Morgan fingerprint density at radius 1 is 1.09 bits per heavy atom. The first kappa shape index (κ1) is 22.3. The Morgan fingerprint density at radius 2 is 1.82 bits per heavy atom. The number of hydrogen-bond acceptors (Lipinski definition) is 4. The monoisotopic (exact) mass is 446 g/mol. The summed E-state index contributed by atoms with van der Waals surface area (Å²) in [5.74, 6) is -1.09. The number of hydrogen-bond donors (Lipinski definition) is 2. The number of carbonyl (C=O) groups excluding carboxylic acids is 2. The number of anilines is 1. The van der Waals surface area contributed by atoms with E-state index in [2.05, 4.69) is 10.3 Å². The number of para-hydroxylation sites is 1. The van der Waals surface area contributed by atoms with Crippen LogP contribution in [-0.2, 0) is 16.1 Å². The van der Waals surface area contributed by atoms with E-state index in [9.17, 15) is 19.5 Å². The lowest BCUT2D eigenvalue weighted by molar-refractivity contribution is -0.137. The van der Waals surface area contributed by atoms with Crippen LogP contribution in [0.5, 0.6) is 0 Å². The van der Waals surface area contributed by atoms with Crippen LogP contribution in [0.2, 0.25) is 0 Å². The molecule has 33 heavy (non-hydrogen) atoms. The molecule has 1 aliphatic rings. The van der Waals surface area contributed by atoms with E-state index in [4.69, 9.17) is 0 Å². The molecule has 0 fully saturated rings. The van der Waals surface area contributed by atoms with Crippen LogP contribution in [0.3, 0.4) is 0 Å². The fourth-order valence-corrected chi connectivity index (χ4v) is 4.31. The first-order chi connectivity index (χ1) is 16.0. The number of aliphatic carboxylic acids is 1. The van der Waals surface area contributed by atoms with Gasteiger partial charge < -0.3 is 15.0 Å². The fraction of sp³-hybridized carbons (Fsp3) is 0.280. The summed E-state index contributed by atoms with van der Waals surface area (Å²) in [6.45, 7) is 2.99. The molecule has 170 valence electrons. The summed E-state index contributed by atoms with van der Waals surface area (Å²) >= 11 is 0. The van der Waals surface area contributed by atoms with Crippen molar-refractivity contribution >= 4 is 23.5 Å². The summed E-state index contributed by atoms with van der Waals surface area (Å²) in [4.78, 5) is 43.5. The molecule has 4 rings (SSSR count). The Bertz CT molecular complexity index is 1190. The number of carboxylic acid groups (broad SMARTS) is 1. The molecule has 2 N–H and O–H groups in total. The maximum atomic E-state index is 13.5. The van der Waals surface area contributed by atoms with Gasteiger partial charge in [-0.1, -0.05) is 36.4 Å². The highest BCUT2D eigenvalue weighted by molar-refractivity contribution is 6.11. The van der Waals surface area contributed by atoms with Gasteiger partial charge in [-0.05, 0) is 36.6 Å². The van der Waals surface area contributed by atoms with Crippen LogP contribution >= 0.6 is 0 Å². The van der Waals surface area contributed by atoms with E-state index in [1.165, 1.54) is 4.90 Å². The van der Waals surface area contributed by atoms with E-state index in [-0.39, 0.29) is 24.8 Å². The third-order valence-electron chi connectivity index (χ3n) is 5.92. The molecular weight excluding hydrogens is 420 g/mol. The molecule has 0 saturated heterocycles. The van der Waals surface area contributed by atoms with E-state index in [1.807, 2.05) is 29.8 Å². The van der Waals surface area contributed by atoms with Crippen LogP contribution in [0.15, 0.2) is 60.9 Å². The minimum Gasteiger partial charge on any atom is -0.481 e. The third-order valence-corrected chi connectivity index (χ3v) is 5.92. The van der Waals surface area contributed by atoms with Crippen molar-refractivity contribution in [3.63, 3.8) is 0 Å². The predicted molar refractivity (Wildman–Crippen MR) is 123 cm³/mol. The maximum Gasteiger partial charge on any atom is 0.304 e. The van der Waals surface area contributed by atoms with Gasteiger partial charge in [0.2, 0.25) is 5.91 Å². The summed E-state index contributed by atoms with van der Waals surface area (Å²) in [6, 6.07) is 14.2. The Morgan fingerprint density at radius 3 is 2.55 bits per heavy atom. The van der Waals surface area contributed by atoms with Crippen molar-refractivity contribution < 1.29 is 19.5 Å². The molecule has 1 aliphatic heterocycles. The van der Waals surface area contributed by atoms with Crippen LogP contribution < -0.4 is 10.2 Å². The number of imidazole rings is 1. The Kier molecular flexibility index (Phi) is 6.53. The van der Waals surface area contributed by atoms with E-state index in [0.29, 0.717) is 23.4 Å². The minimum atomic E-state index is -0.948. The molecular formula is C25H26N4O4. The molecule has 0 spiro atoms. The number of aromatic nitrogens is 2. The van der Waals surface area contributed by atoms with Crippen molar-refractivity contribution in [3.8, 4) is 0 Å². The lowest BCUT2D eigenvalue weighted by atomic mass is 9.86. The SMILES string of the molecule is Cc1nccn1CCCNC(=O)CN1C(=O)c2ccccc2C(CC(=O)O)c2ccccc21. The van der Waals surface area contributed by atoms with Gasteiger partial charge >= 0.3 is 5.97 Å². The number of rotatable bonds is 8. The molecule has 2 heterocycles. The second-order valence-corrected chi connectivity index (χ2v) is 8.06. The first-order valence-corrected chi connectivity index (χ1v) is 10.9. The highest BCUT2D eigenvalue weighted by Gasteiger charge is 2.34. The normalized spacial score (nSPS) is 14.9. The first-order valence-electron chi connectivity index (χ1n) is 10.9. The summed E-state index contributed by atoms with van der Waals surface area (Å²) < 4.78 is 2.01. The van der Waals surface area contributed by atoms with Crippen molar-refractivity contribution in [2.24, 2.45) is 0 Å². The zero-order chi connectivity index (χ0) is 23.4. The van der Waals surface area contributed by atoms with Crippen molar-refractivity contribution in [1.82, 2.24) is 14.9 Å². The molecule has 0 bridgehead atoms. The Labute approximate surface area is 191 Å². The summed E-state index contributed by atoms with van der Waals surface area (Å²) in [7, 11) is 0. The highest BCUT2D eigenvalue weighted by atomic mass is 16.4. The van der Waals surface area contributed by atoms with Gasteiger partial charge in [0, 0.05) is 42.7 Å². The molecule has 2 amide bonds. The van der Waals surface area contributed by atoms with Gasteiger partial charge in [0.1, 0.15) is 12.4 Å². The van der Waals surface area contributed by atoms with E-state index in [1.54, 1.807) is 42.6 Å². The fourth-order valence-electron chi connectivity index (χ4n) is 4.31. The molecule has 8 heteroatoms. The van der Waals surface area contributed by atoms with E-state index < -0.39 is 11.9 Å². The van der Waals surface area contributed by atoms with E-state index >= 15 is 0 Å². The molecule has 1 unspecified atom stereocenters. The van der Waals surface area contributed by atoms with Crippen LogP contribution in [0.25, 0.3) is 0 Å². The van der Waals surface area contributed by atoms with Crippen LogP contribution in [0.4, 0.5) is 5.69 Å². The second-order valence-electron chi connectivity index (χ2n) is 8.06. The lowest BCUT2D eigenvalue weighted by Crippen LogP contribution is -2.41. The van der Waals surface area contributed by atoms with Gasteiger partial charge in [-0.2, -0.15) is 0 Å². The number of carbonyl (C=O) groups is 3. The molecule has 0 aliphatic carbocycles.